The van der Waals surface area contributed by atoms with Gasteiger partial charge in [0.2, 0.25) is 0 Å². The number of carbonyl (C=O) groups excluding carboxylic acids is 1. The van der Waals surface area contributed by atoms with Gasteiger partial charge in [0.15, 0.2) is 9.84 Å². The molecule has 0 amide bonds. The van der Waals surface area contributed by atoms with Crippen molar-refractivity contribution in [3.63, 3.8) is 0 Å². The molecule has 106 valence electrons. The highest BCUT2D eigenvalue weighted by atomic mass is 35.5. The highest BCUT2D eigenvalue weighted by Crippen LogP contribution is 2.20. The molecule has 4 nitrogen and oxygen atoms in total. The standard InChI is InChI=1S/C12H14ClFO4S/c1-8(12(15)18-2)6-19(16,17)7-9-3-4-10(14)5-11(9)13/h3-5,8H,6-7H2,1-2H3. The lowest BCUT2D eigenvalue weighted by Crippen LogP contribution is -2.23. The third-order valence-corrected chi connectivity index (χ3v) is 4.61. The number of benzene rings is 1. The average Bonchev–Trinajstić information content (AvgIpc) is 2.31. The Balaban J connectivity index is 2.82. The van der Waals surface area contributed by atoms with Crippen molar-refractivity contribution in [3.8, 4) is 0 Å². The van der Waals surface area contributed by atoms with Gasteiger partial charge in [0.25, 0.3) is 0 Å². The number of rotatable bonds is 5. The van der Waals surface area contributed by atoms with E-state index in [0.717, 1.165) is 12.1 Å². The predicted molar refractivity (Wildman–Crippen MR) is 70.1 cm³/mol. The van der Waals surface area contributed by atoms with E-state index in [1.165, 1.54) is 20.1 Å². The first-order chi connectivity index (χ1) is 8.75. The topological polar surface area (TPSA) is 60.4 Å². The average molecular weight is 309 g/mol. The minimum Gasteiger partial charge on any atom is -0.469 e. The molecular formula is C12H14ClFO4S. The summed E-state index contributed by atoms with van der Waals surface area (Å²) >= 11 is 5.77. The van der Waals surface area contributed by atoms with E-state index in [4.69, 9.17) is 11.6 Å². The van der Waals surface area contributed by atoms with Crippen LogP contribution < -0.4 is 0 Å². The van der Waals surface area contributed by atoms with E-state index in [0.29, 0.717) is 5.56 Å². The zero-order valence-electron chi connectivity index (χ0n) is 10.5. The van der Waals surface area contributed by atoms with Gasteiger partial charge in [-0.15, -0.1) is 0 Å². The summed E-state index contributed by atoms with van der Waals surface area (Å²) in [5, 5.41) is 0.0503. The molecule has 7 heteroatoms. The minimum atomic E-state index is -3.53. The maximum atomic E-state index is 12.8. The van der Waals surface area contributed by atoms with Gasteiger partial charge in [-0.05, 0) is 17.7 Å². The fourth-order valence-corrected chi connectivity index (χ4v) is 3.64. The second kappa shape index (κ2) is 6.34. The fourth-order valence-electron chi connectivity index (χ4n) is 1.58. The van der Waals surface area contributed by atoms with Gasteiger partial charge >= 0.3 is 5.97 Å². The number of hydrogen-bond acceptors (Lipinski definition) is 4. The van der Waals surface area contributed by atoms with E-state index < -0.39 is 27.5 Å². The number of esters is 1. The van der Waals surface area contributed by atoms with Crippen LogP contribution in [-0.2, 0) is 25.1 Å². The lowest BCUT2D eigenvalue weighted by atomic mass is 10.2. The lowest BCUT2D eigenvalue weighted by molar-refractivity contribution is -0.144. The largest absolute Gasteiger partial charge is 0.469 e. The molecule has 1 atom stereocenters. The smallest absolute Gasteiger partial charge is 0.309 e. The second-order valence-corrected chi connectivity index (χ2v) is 6.73. The zero-order chi connectivity index (χ0) is 14.6. The van der Waals surface area contributed by atoms with Gasteiger partial charge in [-0.25, -0.2) is 12.8 Å². The lowest BCUT2D eigenvalue weighted by Gasteiger charge is -2.10. The van der Waals surface area contributed by atoms with Crippen molar-refractivity contribution in [1.82, 2.24) is 0 Å². The molecular weight excluding hydrogens is 295 g/mol. The van der Waals surface area contributed by atoms with Crippen LogP contribution in [0.1, 0.15) is 12.5 Å². The van der Waals surface area contributed by atoms with Crippen LogP contribution in [0, 0.1) is 11.7 Å². The minimum absolute atomic E-state index is 0.0503. The Hall–Kier alpha value is -1.14. The maximum absolute atomic E-state index is 12.8. The summed E-state index contributed by atoms with van der Waals surface area (Å²) in [5.74, 6) is -2.56. The quantitative estimate of drug-likeness (QED) is 0.782. The zero-order valence-corrected chi connectivity index (χ0v) is 12.1. The molecule has 0 aliphatic rings. The van der Waals surface area contributed by atoms with Crippen LogP contribution >= 0.6 is 11.6 Å². The van der Waals surface area contributed by atoms with E-state index in [1.54, 1.807) is 0 Å². The summed E-state index contributed by atoms with van der Waals surface area (Å²) < 4.78 is 41.1. The van der Waals surface area contributed by atoms with Gasteiger partial charge < -0.3 is 4.74 Å². The molecule has 0 bridgehead atoms. The monoisotopic (exact) mass is 308 g/mol. The van der Waals surface area contributed by atoms with Gasteiger partial charge in [0.05, 0.1) is 24.5 Å². The highest BCUT2D eigenvalue weighted by Gasteiger charge is 2.23. The molecule has 1 aromatic carbocycles. The Morgan fingerprint density at radius 1 is 1.47 bits per heavy atom. The Bertz CT molecular complexity index is 571. The number of ether oxygens (including phenoxy) is 1. The van der Waals surface area contributed by atoms with E-state index in [2.05, 4.69) is 4.74 Å². The third kappa shape index (κ3) is 4.80. The van der Waals surface area contributed by atoms with Crippen molar-refractivity contribution in [2.45, 2.75) is 12.7 Å². The van der Waals surface area contributed by atoms with Crippen molar-refractivity contribution in [1.29, 1.82) is 0 Å². The van der Waals surface area contributed by atoms with Crippen LogP contribution in [0.3, 0.4) is 0 Å². The van der Waals surface area contributed by atoms with Gasteiger partial charge in [-0.2, -0.15) is 0 Å². The van der Waals surface area contributed by atoms with Gasteiger partial charge in [0, 0.05) is 5.02 Å². The van der Waals surface area contributed by atoms with Crippen molar-refractivity contribution in [3.05, 3.63) is 34.6 Å². The van der Waals surface area contributed by atoms with Crippen LogP contribution in [0.4, 0.5) is 4.39 Å². The molecule has 0 aliphatic heterocycles. The predicted octanol–water partition coefficient (Wildman–Crippen LogP) is 2.20. The molecule has 0 radical (unpaired) electrons. The molecule has 0 spiro atoms. The normalized spacial score (nSPS) is 13.1. The maximum Gasteiger partial charge on any atom is 0.309 e. The number of methoxy groups -OCH3 is 1. The molecule has 0 aliphatic carbocycles. The summed E-state index contributed by atoms with van der Waals surface area (Å²) in [5.41, 5.74) is 0.306. The number of carbonyl (C=O) groups is 1. The molecule has 0 fully saturated rings. The Morgan fingerprint density at radius 2 is 2.11 bits per heavy atom. The van der Waals surface area contributed by atoms with Gasteiger partial charge in [0.1, 0.15) is 5.82 Å². The van der Waals surface area contributed by atoms with Crippen LogP contribution in [0.15, 0.2) is 18.2 Å². The second-order valence-electron chi connectivity index (χ2n) is 4.21. The summed E-state index contributed by atoms with van der Waals surface area (Å²) in [6, 6.07) is 3.51. The van der Waals surface area contributed by atoms with E-state index >= 15 is 0 Å². The van der Waals surface area contributed by atoms with Gasteiger partial charge in [-0.1, -0.05) is 24.6 Å². The van der Waals surface area contributed by atoms with Crippen LogP contribution in [0.5, 0.6) is 0 Å². The molecule has 0 aromatic heterocycles. The molecule has 1 aromatic rings. The Kier molecular flexibility index (Phi) is 5.31. The summed E-state index contributed by atoms with van der Waals surface area (Å²) in [6.45, 7) is 1.47. The molecule has 1 unspecified atom stereocenters. The van der Waals surface area contributed by atoms with Gasteiger partial charge in [-0.3, -0.25) is 4.79 Å². The SMILES string of the molecule is COC(=O)C(C)CS(=O)(=O)Cc1ccc(F)cc1Cl. The first kappa shape index (κ1) is 15.9. The number of hydrogen-bond donors (Lipinski definition) is 0. The number of sulfone groups is 1. The van der Waals surface area contributed by atoms with Crippen LogP contribution in [0.25, 0.3) is 0 Å². The van der Waals surface area contributed by atoms with Crippen molar-refractivity contribution in [2.75, 3.05) is 12.9 Å². The van der Waals surface area contributed by atoms with Crippen LogP contribution in [0.2, 0.25) is 5.02 Å². The first-order valence-corrected chi connectivity index (χ1v) is 7.67. The van der Waals surface area contributed by atoms with E-state index in [1.807, 2.05) is 0 Å². The molecule has 0 N–H and O–H groups in total. The summed E-state index contributed by atoms with van der Waals surface area (Å²) in [7, 11) is -2.34. The van der Waals surface area contributed by atoms with E-state index in [9.17, 15) is 17.6 Å². The Morgan fingerprint density at radius 3 is 2.63 bits per heavy atom. The van der Waals surface area contributed by atoms with Crippen LogP contribution in [-0.4, -0.2) is 27.2 Å². The third-order valence-electron chi connectivity index (χ3n) is 2.50. The summed E-state index contributed by atoms with van der Waals surface area (Å²) in [6.07, 6.45) is 0. The summed E-state index contributed by atoms with van der Waals surface area (Å²) in [4.78, 5) is 11.2. The molecule has 0 saturated heterocycles. The Labute approximate surface area is 116 Å². The highest BCUT2D eigenvalue weighted by molar-refractivity contribution is 7.90. The first-order valence-electron chi connectivity index (χ1n) is 5.47. The molecule has 0 heterocycles. The molecule has 1 rings (SSSR count). The van der Waals surface area contributed by atoms with Crippen molar-refractivity contribution >= 4 is 27.4 Å². The molecule has 19 heavy (non-hydrogen) atoms. The number of halogens is 2. The fraction of sp³-hybridized carbons (Fsp3) is 0.417. The molecule has 0 saturated carbocycles. The van der Waals surface area contributed by atoms with Crippen molar-refractivity contribution in [2.24, 2.45) is 5.92 Å². The van der Waals surface area contributed by atoms with E-state index in [-0.39, 0.29) is 16.5 Å². The van der Waals surface area contributed by atoms with Crippen molar-refractivity contribution < 1.29 is 22.3 Å².